The van der Waals surface area contributed by atoms with Crippen molar-refractivity contribution in [2.45, 2.75) is 18.9 Å². The summed E-state index contributed by atoms with van der Waals surface area (Å²) in [6, 6.07) is 13.6. The highest BCUT2D eigenvalue weighted by Crippen LogP contribution is 2.33. The molecule has 0 amide bonds. The number of anilines is 1. The number of aliphatic hydroxyl groups excluding tert-OH is 1. The molecule has 112 valence electrons. The van der Waals surface area contributed by atoms with Crippen LogP contribution in [0.2, 0.25) is 5.02 Å². The lowest BCUT2D eigenvalue weighted by Crippen LogP contribution is -2.38. The molecule has 0 radical (unpaired) electrons. The molecule has 1 unspecified atom stereocenters. The quantitative estimate of drug-likeness (QED) is 0.646. The van der Waals surface area contributed by atoms with Crippen molar-refractivity contribution in [2.75, 3.05) is 11.9 Å². The molecule has 0 saturated carbocycles. The summed E-state index contributed by atoms with van der Waals surface area (Å²) in [5.74, 6) is 0. The SMILES string of the molecule is CCC(CO)(Nc1ccc(Cl)c(Br)c1)c1cccc(Br)c1. The molecule has 0 spiro atoms. The smallest absolute Gasteiger partial charge is 0.0854 e. The van der Waals surface area contributed by atoms with Crippen molar-refractivity contribution in [1.29, 1.82) is 0 Å². The first-order chi connectivity index (χ1) is 10.0. The number of nitrogens with one attached hydrogen (secondary N) is 1. The zero-order valence-electron chi connectivity index (χ0n) is 11.5. The molecule has 0 heterocycles. The Kier molecular flexibility index (Phi) is 5.72. The molecule has 2 aromatic carbocycles. The fraction of sp³-hybridized carbons (Fsp3) is 0.250. The van der Waals surface area contributed by atoms with Crippen molar-refractivity contribution in [3.8, 4) is 0 Å². The Morgan fingerprint density at radius 2 is 1.95 bits per heavy atom. The second-order valence-electron chi connectivity index (χ2n) is 4.86. The summed E-state index contributed by atoms with van der Waals surface area (Å²) in [5.41, 5.74) is 1.41. The van der Waals surface area contributed by atoms with E-state index < -0.39 is 5.54 Å². The standard InChI is InChI=1S/C16H16Br2ClNO/c1-2-16(10-21,11-4-3-5-12(17)8-11)20-13-6-7-15(19)14(18)9-13/h3-9,20-21H,2,10H2,1H3. The Morgan fingerprint density at radius 1 is 1.19 bits per heavy atom. The van der Waals surface area contributed by atoms with E-state index in [0.29, 0.717) is 5.02 Å². The van der Waals surface area contributed by atoms with Gasteiger partial charge in [-0.05, 0) is 58.2 Å². The predicted molar refractivity (Wildman–Crippen MR) is 96.0 cm³/mol. The second kappa shape index (κ2) is 7.14. The van der Waals surface area contributed by atoms with E-state index in [1.165, 1.54) is 0 Å². The van der Waals surface area contributed by atoms with Gasteiger partial charge < -0.3 is 10.4 Å². The number of rotatable bonds is 5. The first kappa shape index (κ1) is 16.8. The third-order valence-electron chi connectivity index (χ3n) is 3.55. The van der Waals surface area contributed by atoms with Gasteiger partial charge in [-0.15, -0.1) is 0 Å². The lowest BCUT2D eigenvalue weighted by Gasteiger charge is -2.34. The van der Waals surface area contributed by atoms with Crippen LogP contribution in [0.15, 0.2) is 51.4 Å². The lowest BCUT2D eigenvalue weighted by atomic mass is 9.87. The van der Waals surface area contributed by atoms with Crippen LogP contribution in [0.4, 0.5) is 5.69 Å². The van der Waals surface area contributed by atoms with Crippen LogP contribution >= 0.6 is 43.5 Å². The lowest BCUT2D eigenvalue weighted by molar-refractivity contribution is 0.207. The molecule has 0 aliphatic rings. The summed E-state index contributed by atoms with van der Waals surface area (Å²) in [4.78, 5) is 0. The zero-order valence-corrected chi connectivity index (χ0v) is 15.5. The van der Waals surface area contributed by atoms with Gasteiger partial charge in [0.15, 0.2) is 0 Å². The van der Waals surface area contributed by atoms with E-state index in [0.717, 1.165) is 26.6 Å². The minimum atomic E-state index is -0.531. The third kappa shape index (κ3) is 3.81. The van der Waals surface area contributed by atoms with Gasteiger partial charge in [-0.2, -0.15) is 0 Å². The summed E-state index contributed by atoms with van der Waals surface area (Å²) in [6.07, 6.45) is 0.750. The number of hydrogen-bond donors (Lipinski definition) is 2. The van der Waals surface area contributed by atoms with Crippen molar-refractivity contribution < 1.29 is 5.11 Å². The monoisotopic (exact) mass is 431 g/mol. The molecule has 2 rings (SSSR count). The van der Waals surface area contributed by atoms with Gasteiger partial charge in [-0.3, -0.25) is 0 Å². The maximum absolute atomic E-state index is 9.99. The number of benzene rings is 2. The van der Waals surface area contributed by atoms with Crippen molar-refractivity contribution in [1.82, 2.24) is 0 Å². The molecule has 0 aliphatic carbocycles. The van der Waals surface area contributed by atoms with Crippen LogP contribution in [0.25, 0.3) is 0 Å². The minimum absolute atomic E-state index is 0.000197. The van der Waals surface area contributed by atoms with E-state index in [-0.39, 0.29) is 6.61 Å². The molecule has 0 aromatic heterocycles. The highest BCUT2D eigenvalue weighted by atomic mass is 79.9. The van der Waals surface area contributed by atoms with Crippen molar-refractivity contribution in [2.24, 2.45) is 0 Å². The Labute approximate surface area is 146 Å². The molecule has 0 aliphatic heterocycles. The zero-order chi connectivity index (χ0) is 15.5. The van der Waals surface area contributed by atoms with Crippen LogP contribution in [0.5, 0.6) is 0 Å². The van der Waals surface area contributed by atoms with Crippen LogP contribution in [-0.2, 0) is 5.54 Å². The normalized spacial score (nSPS) is 13.8. The van der Waals surface area contributed by atoms with Gasteiger partial charge in [-0.1, -0.05) is 46.6 Å². The van der Waals surface area contributed by atoms with Gasteiger partial charge in [0.2, 0.25) is 0 Å². The number of halogens is 3. The fourth-order valence-corrected chi connectivity index (χ4v) is 3.14. The summed E-state index contributed by atoms with van der Waals surface area (Å²) < 4.78 is 1.82. The molecule has 0 saturated heterocycles. The van der Waals surface area contributed by atoms with E-state index in [2.05, 4.69) is 44.1 Å². The Balaban J connectivity index is 2.40. The van der Waals surface area contributed by atoms with E-state index in [1.807, 2.05) is 42.5 Å². The largest absolute Gasteiger partial charge is 0.394 e. The summed E-state index contributed by atoms with van der Waals surface area (Å²) >= 11 is 12.9. The molecule has 0 bridgehead atoms. The van der Waals surface area contributed by atoms with Crippen molar-refractivity contribution >= 4 is 49.1 Å². The van der Waals surface area contributed by atoms with Crippen LogP contribution in [0.3, 0.4) is 0 Å². The molecule has 21 heavy (non-hydrogen) atoms. The van der Waals surface area contributed by atoms with Gasteiger partial charge in [0, 0.05) is 14.6 Å². The van der Waals surface area contributed by atoms with E-state index in [4.69, 9.17) is 11.6 Å². The molecular weight excluding hydrogens is 417 g/mol. The third-order valence-corrected chi connectivity index (χ3v) is 5.26. The van der Waals surface area contributed by atoms with Crippen LogP contribution in [-0.4, -0.2) is 11.7 Å². The Hall–Kier alpha value is -0.550. The maximum atomic E-state index is 9.99. The molecule has 0 fully saturated rings. The molecule has 2 N–H and O–H groups in total. The Morgan fingerprint density at radius 3 is 2.52 bits per heavy atom. The molecule has 2 aromatic rings. The molecule has 1 atom stereocenters. The van der Waals surface area contributed by atoms with E-state index >= 15 is 0 Å². The average molecular weight is 434 g/mol. The van der Waals surface area contributed by atoms with Crippen LogP contribution < -0.4 is 5.32 Å². The van der Waals surface area contributed by atoms with Gasteiger partial charge in [-0.25, -0.2) is 0 Å². The first-order valence-corrected chi connectivity index (χ1v) is 8.57. The topological polar surface area (TPSA) is 32.3 Å². The van der Waals surface area contributed by atoms with Gasteiger partial charge in [0.1, 0.15) is 0 Å². The first-order valence-electron chi connectivity index (χ1n) is 6.61. The molecule has 5 heteroatoms. The minimum Gasteiger partial charge on any atom is -0.394 e. The van der Waals surface area contributed by atoms with E-state index in [1.54, 1.807) is 0 Å². The molecule has 2 nitrogen and oxygen atoms in total. The van der Waals surface area contributed by atoms with Crippen molar-refractivity contribution in [3.63, 3.8) is 0 Å². The number of aliphatic hydroxyl groups is 1. The highest BCUT2D eigenvalue weighted by Gasteiger charge is 2.29. The van der Waals surface area contributed by atoms with Gasteiger partial charge in [0.05, 0.1) is 17.2 Å². The van der Waals surface area contributed by atoms with Gasteiger partial charge >= 0.3 is 0 Å². The summed E-state index contributed by atoms with van der Waals surface area (Å²) in [7, 11) is 0. The van der Waals surface area contributed by atoms with E-state index in [9.17, 15) is 5.11 Å². The van der Waals surface area contributed by atoms with Crippen LogP contribution in [0, 0.1) is 0 Å². The highest BCUT2D eigenvalue weighted by molar-refractivity contribution is 9.10. The summed E-state index contributed by atoms with van der Waals surface area (Å²) in [5, 5.41) is 14.1. The average Bonchev–Trinajstić information content (AvgIpc) is 2.48. The van der Waals surface area contributed by atoms with Gasteiger partial charge in [0.25, 0.3) is 0 Å². The maximum Gasteiger partial charge on any atom is 0.0854 e. The second-order valence-corrected chi connectivity index (χ2v) is 7.04. The fourth-order valence-electron chi connectivity index (χ4n) is 2.24. The Bertz CT molecular complexity index is 629. The molecular formula is C16H16Br2ClNO. The predicted octanol–water partition coefficient (Wildman–Crippen LogP) is 5.57. The van der Waals surface area contributed by atoms with Crippen molar-refractivity contribution in [3.05, 3.63) is 62.0 Å². The number of hydrogen-bond acceptors (Lipinski definition) is 2. The summed E-state index contributed by atoms with van der Waals surface area (Å²) in [6.45, 7) is 2.05. The van der Waals surface area contributed by atoms with Crippen LogP contribution in [0.1, 0.15) is 18.9 Å².